The topological polar surface area (TPSA) is 205 Å². The predicted octanol–water partition coefficient (Wildman–Crippen LogP) is 0.788. The number of nitrogens with zero attached hydrogens (tertiary/aromatic N) is 5. The molecule has 45 heavy (non-hydrogen) atoms. The monoisotopic (exact) mass is 675 g/mol. The molecular formula is C27H28ClN8O7S2+. The van der Waals surface area contributed by atoms with Crippen LogP contribution in [0.2, 0.25) is 4.34 Å². The van der Waals surface area contributed by atoms with E-state index in [1.807, 2.05) is 35.2 Å². The maximum absolute atomic E-state index is 13.4. The van der Waals surface area contributed by atoms with Crippen molar-refractivity contribution in [3.05, 3.63) is 51.9 Å². The number of β-lactam (4-membered cyclic amide) rings is 1. The summed E-state index contributed by atoms with van der Waals surface area (Å²) in [7, 11) is 0. The fourth-order valence-electron chi connectivity index (χ4n) is 5.57. The first-order valence-corrected chi connectivity index (χ1v) is 16.1. The Kier molecular flexibility index (Phi) is 8.43. The molecule has 6 heterocycles. The van der Waals surface area contributed by atoms with Gasteiger partial charge in [-0.15, -0.1) is 11.8 Å². The number of carboxylic acid groups (broad SMARTS) is 2. The molecule has 3 aliphatic rings. The van der Waals surface area contributed by atoms with Crippen molar-refractivity contribution in [2.24, 2.45) is 5.16 Å². The number of thiazole rings is 1. The van der Waals surface area contributed by atoms with Gasteiger partial charge in [-0.2, -0.15) is 4.57 Å². The van der Waals surface area contributed by atoms with E-state index in [9.17, 15) is 24.3 Å². The molecule has 0 radical (unpaired) electrons. The molecule has 6 rings (SSSR count). The maximum atomic E-state index is 13.4. The SMILES string of the molecule is C[C@H](O/N=C(\C(=O)N[C@@H]1C(=O)N2C(C(=O)O)=C(C[n+]3cccc4c3ccn4[C@@H]3CCNC3)CS[C@H]12)c1nc(N)sc1Cl)C(=O)O. The molecule has 0 saturated carbocycles. The third-order valence-electron chi connectivity index (χ3n) is 7.78. The number of nitrogens with one attached hydrogen (secondary N) is 2. The quantitative estimate of drug-likeness (QED) is 0.0879. The van der Waals surface area contributed by atoms with Gasteiger partial charge in [0.05, 0.1) is 0 Å². The molecule has 6 N–H and O–H groups in total. The lowest BCUT2D eigenvalue weighted by atomic mass is 10.0. The van der Waals surface area contributed by atoms with Gasteiger partial charge in [0.1, 0.15) is 32.7 Å². The normalized spacial score (nSPS) is 22.3. The first-order valence-electron chi connectivity index (χ1n) is 13.8. The summed E-state index contributed by atoms with van der Waals surface area (Å²) in [5, 5.41) is 28.3. The number of aromatic nitrogens is 3. The number of nitrogens with two attached hydrogens (primary N) is 1. The average molecular weight is 676 g/mol. The minimum absolute atomic E-state index is 0.00472. The molecule has 236 valence electrons. The molecule has 18 heteroatoms. The van der Waals surface area contributed by atoms with Crippen LogP contribution >= 0.6 is 34.7 Å². The van der Waals surface area contributed by atoms with Crippen LogP contribution < -0.4 is 20.9 Å². The molecule has 0 unspecified atom stereocenters. The Labute approximate surface area is 268 Å². The molecule has 3 aromatic heterocycles. The molecule has 2 amide bonds. The summed E-state index contributed by atoms with van der Waals surface area (Å²) in [5.74, 6) is -3.82. The first-order chi connectivity index (χ1) is 21.5. The number of amides is 2. The molecule has 0 aliphatic carbocycles. The number of thioether (sulfide) groups is 1. The van der Waals surface area contributed by atoms with Crippen molar-refractivity contribution >= 4 is 80.3 Å². The van der Waals surface area contributed by atoms with Crippen molar-refractivity contribution in [1.29, 1.82) is 0 Å². The Balaban J connectivity index is 1.23. The zero-order valence-corrected chi connectivity index (χ0v) is 26.1. The third kappa shape index (κ3) is 5.71. The Morgan fingerprint density at radius 1 is 1.36 bits per heavy atom. The summed E-state index contributed by atoms with van der Waals surface area (Å²) >= 11 is 8.36. The van der Waals surface area contributed by atoms with Gasteiger partial charge in [0.15, 0.2) is 23.6 Å². The highest BCUT2D eigenvalue weighted by Gasteiger charge is 2.55. The number of nitrogen functional groups attached to an aromatic ring is 1. The Morgan fingerprint density at radius 2 is 2.16 bits per heavy atom. The minimum atomic E-state index is -1.40. The van der Waals surface area contributed by atoms with Crippen molar-refractivity contribution in [1.82, 2.24) is 25.1 Å². The first kappa shape index (κ1) is 30.8. The van der Waals surface area contributed by atoms with Gasteiger partial charge in [0.2, 0.25) is 11.6 Å². The number of carbonyl (C=O) groups is 4. The molecule has 0 aromatic carbocycles. The molecule has 2 fully saturated rings. The lowest BCUT2D eigenvalue weighted by Crippen LogP contribution is -2.71. The van der Waals surface area contributed by atoms with Crippen molar-refractivity contribution in [2.75, 3.05) is 24.6 Å². The van der Waals surface area contributed by atoms with Crippen LogP contribution in [0.1, 0.15) is 25.1 Å². The Bertz CT molecular complexity index is 1780. The molecular weight excluding hydrogens is 648 g/mol. The highest BCUT2D eigenvalue weighted by atomic mass is 35.5. The van der Waals surface area contributed by atoms with Crippen LogP contribution in [-0.2, 0) is 30.6 Å². The van der Waals surface area contributed by atoms with Crippen molar-refractivity contribution in [3.63, 3.8) is 0 Å². The largest absolute Gasteiger partial charge is 0.478 e. The van der Waals surface area contributed by atoms with Crippen LogP contribution in [0, 0.1) is 0 Å². The van der Waals surface area contributed by atoms with E-state index in [1.54, 1.807) is 0 Å². The number of pyridine rings is 1. The van der Waals surface area contributed by atoms with Crippen LogP contribution in [0.25, 0.3) is 11.0 Å². The number of halogens is 1. The van der Waals surface area contributed by atoms with E-state index in [1.165, 1.54) is 23.6 Å². The summed E-state index contributed by atoms with van der Waals surface area (Å²) in [5.41, 5.74) is 7.50. The number of hydrogen-bond donors (Lipinski definition) is 5. The predicted molar refractivity (Wildman–Crippen MR) is 165 cm³/mol. The van der Waals surface area contributed by atoms with Crippen LogP contribution in [0.15, 0.2) is 47.0 Å². The van der Waals surface area contributed by atoms with E-state index in [2.05, 4.69) is 25.3 Å². The van der Waals surface area contributed by atoms with E-state index in [0.29, 0.717) is 17.4 Å². The van der Waals surface area contributed by atoms with E-state index in [-0.39, 0.29) is 27.4 Å². The number of carbonyl (C=O) groups excluding carboxylic acids is 2. The second kappa shape index (κ2) is 12.3. The van der Waals surface area contributed by atoms with Crippen molar-refractivity contribution in [3.8, 4) is 0 Å². The van der Waals surface area contributed by atoms with Gasteiger partial charge in [0, 0.05) is 42.2 Å². The zero-order chi connectivity index (χ0) is 32.0. The standard InChI is InChI=1S/C27H27ClN8O7S2/c1-12(25(39)40)43-33-18(17-21(28)45-27(29)32-17)22(37)31-19-23(38)36-20(26(41)42)13(11-44-24(19)36)10-34-7-2-3-16-15(34)5-8-35(16)14-4-6-30-9-14/h2-3,5,7-8,12,14,19,24,30H,4,6,9-11H2,1H3,(H4-,29,31,32,37,39,40,41,42)/p+1/b33-18-/t12-,14+,19+,24+/m0/s1. The van der Waals surface area contributed by atoms with E-state index < -0.39 is 47.0 Å². The number of anilines is 1. The van der Waals surface area contributed by atoms with Crippen molar-refractivity contribution < 1.29 is 38.8 Å². The molecule has 3 aromatic rings. The highest BCUT2D eigenvalue weighted by Crippen LogP contribution is 2.40. The number of fused-ring (bicyclic) bond motifs is 2. The molecule has 0 spiro atoms. The fraction of sp³-hybridized carbons (Fsp3) is 0.370. The van der Waals surface area contributed by atoms with Crippen LogP contribution in [0.4, 0.5) is 5.13 Å². The lowest BCUT2D eigenvalue weighted by Gasteiger charge is -2.49. The summed E-state index contributed by atoms with van der Waals surface area (Å²) in [6.07, 6.45) is 3.54. The van der Waals surface area contributed by atoms with E-state index in [0.717, 1.165) is 41.9 Å². The lowest BCUT2D eigenvalue weighted by molar-refractivity contribution is -0.663. The molecule has 0 bridgehead atoms. The van der Waals surface area contributed by atoms with Gasteiger partial charge in [-0.25, -0.2) is 14.6 Å². The number of carboxylic acids is 2. The molecule has 4 atom stereocenters. The second-order valence-electron chi connectivity index (χ2n) is 10.6. The van der Waals surface area contributed by atoms with Crippen molar-refractivity contribution in [2.45, 2.75) is 43.5 Å². The van der Waals surface area contributed by atoms with Crippen LogP contribution in [0.3, 0.4) is 0 Å². The Morgan fingerprint density at radius 3 is 2.82 bits per heavy atom. The Hall–Kier alpha value is -4.19. The van der Waals surface area contributed by atoms with Gasteiger partial charge in [0.25, 0.3) is 11.8 Å². The third-order valence-corrected chi connectivity index (χ3v) is 10.2. The second-order valence-corrected chi connectivity index (χ2v) is 13.3. The van der Waals surface area contributed by atoms with Gasteiger partial charge in [-0.1, -0.05) is 28.1 Å². The molecule has 15 nitrogen and oxygen atoms in total. The van der Waals surface area contributed by atoms with Gasteiger partial charge in [-0.05, 0) is 26.0 Å². The number of rotatable bonds is 10. The summed E-state index contributed by atoms with van der Waals surface area (Å²) < 4.78 is 4.21. The summed E-state index contributed by atoms with van der Waals surface area (Å²) in [6.45, 7) is 3.30. The smallest absolute Gasteiger partial charge is 0.352 e. The fourth-order valence-corrected chi connectivity index (χ4v) is 7.83. The van der Waals surface area contributed by atoms with Crippen LogP contribution in [0.5, 0.6) is 0 Å². The molecule has 2 saturated heterocycles. The minimum Gasteiger partial charge on any atom is -0.478 e. The molecule has 3 aliphatic heterocycles. The van der Waals surface area contributed by atoms with Gasteiger partial charge >= 0.3 is 11.9 Å². The summed E-state index contributed by atoms with van der Waals surface area (Å²) in [6, 6.07) is 5.21. The van der Waals surface area contributed by atoms with Gasteiger partial charge < -0.3 is 36.0 Å². The zero-order valence-electron chi connectivity index (χ0n) is 23.7. The number of aliphatic carboxylic acids is 2. The van der Waals surface area contributed by atoms with Crippen LogP contribution in [-0.4, -0.2) is 90.5 Å². The number of hydrogen-bond acceptors (Lipinski definition) is 11. The maximum Gasteiger partial charge on any atom is 0.352 e. The van der Waals surface area contributed by atoms with Gasteiger partial charge in [-0.3, -0.25) is 14.5 Å². The highest BCUT2D eigenvalue weighted by molar-refractivity contribution is 8.00. The summed E-state index contributed by atoms with van der Waals surface area (Å²) in [4.78, 5) is 60.5. The van der Waals surface area contributed by atoms with E-state index >= 15 is 0 Å². The van der Waals surface area contributed by atoms with E-state index in [4.69, 9.17) is 27.3 Å². The number of oxime groups is 1. The average Bonchev–Trinajstić information content (AvgIpc) is 3.76.